The molecule has 0 bridgehead atoms. The highest BCUT2D eigenvalue weighted by Crippen LogP contribution is 2.44. The van der Waals surface area contributed by atoms with Crippen LogP contribution in [0.1, 0.15) is 39.5 Å². The van der Waals surface area contributed by atoms with Crippen molar-refractivity contribution in [3.8, 4) is 0 Å². The maximum atomic E-state index is 11.2. The molecule has 0 aromatic rings. The Morgan fingerprint density at radius 2 is 1.46 bits per heavy atom. The van der Waals surface area contributed by atoms with Gasteiger partial charge in [-0.1, -0.05) is 13.3 Å². The van der Waals surface area contributed by atoms with Crippen molar-refractivity contribution < 1.29 is 44.1 Å². The zero-order valence-electron chi connectivity index (χ0n) is 13.8. The van der Waals surface area contributed by atoms with Crippen molar-refractivity contribution in [2.45, 2.75) is 51.5 Å². The van der Waals surface area contributed by atoms with Gasteiger partial charge in [-0.15, -0.1) is 0 Å². The minimum Gasteiger partial charge on any atom is -0.445 e. The summed E-state index contributed by atoms with van der Waals surface area (Å²) in [7, 11) is 0. The van der Waals surface area contributed by atoms with Crippen LogP contribution in [0.15, 0.2) is 0 Å². The SMILES string of the molecule is CCCC[N+]1(COCC)CCCC1.F[B-](F)(F)C(F)(F)C(F)(F)F. The van der Waals surface area contributed by atoms with E-state index in [1.807, 2.05) is 0 Å². The van der Waals surface area contributed by atoms with E-state index in [2.05, 4.69) is 13.8 Å². The van der Waals surface area contributed by atoms with E-state index in [9.17, 15) is 34.9 Å². The number of unbranched alkanes of at least 4 members (excludes halogenated alkanes) is 1. The highest BCUT2D eigenvalue weighted by molar-refractivity contribution is 6.61. The monoisotopic (exact) mass is 373 g/mol. The van der Waals surface area contributed by atoms with Gasteiger partial charge in [-0.2, -0.15) is 13.2 Å². The largest absolute Gasteiger partial charge is 0.558 e. The standard InChI is InChI=1S/C11H24NO.C2BF8/c1-3-5-8-12(11-13-4-2)9-6-7-10-12;4-1(5,2(6,7)8)3(9,10)11/h3-11H2,1-2H3;/q+1;-1. The molecular formula is C13H24BF8NO. The lowest BCUT2D eigenvalue weighted by molar-refractivity contribution is -0.935. The highest BCUT2D eigenvalue weighted by atomic mass is 19.4. The number of rotatable bonds is 7. The molecule has 1 fully saturated rings. The molecule has 0 atom stereocenters. The van der Waals surface area contributed by atoms with Gasteiger partial charge in [-0.05, 0) is 13.3 Å². The van der Waals surface area contributed by atoms with E-state index in [0.29, 0.717) is 0 Å². The lowest BCUT2D eigenvalue weighted by Gasteiger charge is -2.33. The molecule has 1 saturated heterocycles. The number of nitrogens with zero attached hydrogens (tertiary/aromatic N) is 1. The first kappa shape index (κ1) is 23.4. The van der Waals surface area contributed by atoms with Crippen molar-refractivity contribution in [3.05, 3.63) is 0 Å². The molecular weight excluding hydrogens is 349 g/mol. The van der Waals surface area contributed by atoms with Gasteiger partial charge < -0.3 is 22.2 Å². The average Bonchev–Trinajstić information content (AvgIpc) is 2.90. The van der Waals surface area contributed by atoms with Gasteiger partial charge in [0, 0.05) is 19.4 Å². The minimum absolute atomic E-state index is 0.867. The number of halogens is 8. The molecule has 1 heterocycles. The first-order valence-electron chi connectivity index (χ1n) is 7.89. The second-order valence-electron chi connectivity index (χ2n) is 5.89. The molecule has 0 aliphatic carbocycles. The number of alkyl halides is 5. The van der Waals surface area contributed by atoms with E-state index in [4.69, 9.17) is 4.74 Å². The zero-order chi connectivity index (χ0) is 19.1. The summed E-state index contributed by atoms with van der Waals surface area (Å²) >= 11 is 0. The van der Waals surface area contributed by atoms with Crippen molar-refractivity contribution in [3.63, 3.8) is 0 Å². The average molecular weight is 373 g/mol. The molecule has 1 aliphatic rings. The summed E-state index contributed by atoms with van der Waals surface area (Å²) in [5.74, 6) is -6.56. The molecule has 0 aromatic carbocycles. The minimum atomic E-state index is -7.21. The van der Waals surface area contributed by atoms with Gasteiger partial charge >= 0.3 is 19.0 Å². The topological polar surface area (TPSA) is 9.23 Å². The second-order valence-corrected chi connectivity index (χ2v) is 5.89. The number of ether oxygens (including phenoxy) is 1. The summed E-state index contributed by atoms with van der Waals surface area (Å²) in [5, 5.41) is 0. The van der Waals surface area contributed by atoms with Gasteiger partial charge in [-0.25, -0.2) is 8.78 Å². The summed E-state index contributed by atoms with van der Waals surface area (Å²) in [5.41, 5.74) is 0. The Hall–Kier alpha value is -0.575. The third-order valence-corrected chi connectivity index (χ3v) is 3.86. The molecule has 0 amide bonds. The molecule has 0 aromatic heterocycles. The number of hydrogen-bond donors (Lipinski definition) is 0. The van der Waals surface area contributed by atoms with Crippen LogP contribution >= 0.6 is 0 Å². The number of hydrogen-bond acceptors (Lipinski definition) is 1. The Morgan fingerprint density at radius 1 is 0.958 bits per heavy atom. The van der Waals surface area contributed by atoms with Crippen molar-refractivity contribution in [2.75, 3.05) is 33.0 Å². The number of quaternary nitrogens is 1. The predicted molar refractivity (Wildman–Crippen MR) is 75.6 cm³/mol. The quantitative estimate of drug-likeness (QED) is 0.348. The van der Waals surface area contributed by atoms with Gasteiger partial charge in [0.25, 0.3) is 0 Å². The van der Waals surface area contributed by atoms with E-state index in [1.165, 1.54) is 49.8 Å². The molecule has 2 nitrogen and oxygen atoms in total. The van der Waals surface area contributed by atoms with Crippen LogP contribution in [0.25, 0.3) is 0 Å². The smallest absolute Gasteiger partial charge is 0.445 e. The normalized spacial score (nSPS) is 18.2. The fourth-order valence-electron chi connectivity index (χ4n) is 2.39. The zero-order valence-corrected chi connectivity index (χ0v) is 13.8. The second kappa shape index (κ2) is 9.21. The molecule has 0 spiro atoms. The van der Waals surface area contributed by atoms with Crippen LogP contribution < -0.4 is 0 Å². The summed E-state index contributed by atoms with van der Waals surface area (Å²) in [6.07, 6.45) is -1.09. The fraction of sp³-hybridized carbons (Fsp3) is 1.00. The van der Waals surface area contributed by atoms with Crippen molar-refractivity contribution in [1.29, 1.82) is 0 Å². The van der Waals surface area contributed by atoms with Crippen LogP contribution in [-0.4, -0.2) is 56.4 Å². The lowest BCUT2D eigenvalue weighted by atomic mass is 9.80. The van der Waals surface area contributed by atoms with Crippen molar-refractivity contribution >= 4 is 6.98 Å². The van der Waals surface area contributed by atoms with Crippen LogP contribution in [0.5, 0.6) is 0 Å². The van der Waals surface area contributed by atoms with E-state index in [0.717, 1.165) is 13.3 Å². The summed E-state index contributed by atoms with van der Waals surface area (Å²) in [4.78, 5) is 0. The van der Waals surface area contributed by atoms with Gasteiger partial charge in [-0.3, -0.25) is 0 Å². The summed E-state index contributed by atoms with van der Waals surface area (Å²) in [6.45, 7) is 3.00. The number of likely N-dealkylation sites (tertiary alicyclic amines) is 1. The fourth-order valence-corrected chi connectivity index (χ4v) is 2.39. The van der Waals surface area contributed by atoms with Gasteiger partial charge in [0.15, 0.2) is 6.73 Å². The predicted octanol–water partition coefficient (Wildman–Crippen LogP) is 4.96. The van der Waals surface area contributed by atoms with E-state index in [1.54, 1.807) is 0 Å². The summed E-state index contributed by atoms with van der Waals surface area (Å²) < 4.78 is 94.6. The van der Waals surface area contributed by atoms with Crippen LogP contribution in [0.3, 0.4) is 0 Å². The maximum Gasteiger partial charge on any atom is 0.558 e. The van der Waals surface area contributed by atoms with Crippen molar-refractivity contribution in [2.24, 2.45) is 0 Å². The third kappa shape index (κ3) is 6.74. The molecule has 1 rings (SSSR count). The van der Waals surface area contributed by atoms with E-state index >= 15 is 0 Å². The first-order valence-corrected chi connectivity index (χ1v) is 7.89. The van der Waals surface area contributed by atoms with Gasteiger partial charge in [0.1, 0.15) is 0 Å². The van der Waals surface area contributed by atoms with Crippen molar-refractivity contribution in [1.82, 2.24) is 0 Å². The van der Waals surface area contributed by atoms with Gasteiger partial charge in [0.05, 0.1) is 19.6 Å². The van der Waals surface area contributed by atoms with Crippen LogP contribution in [0, 0.1) is 0 Å². The van der Waals surface area contributed by atoms with Crippen LogP contribution in [0.4, 0.5) is 34.9 Å². The molecule has 11 heteroatoms. The Morgan fingerprint density at radius 3 is 1.75 bits per heavy atom. The molecule has 0 saturated carbocycles. The molecule has 24 heavy (non-hydrogen) atoms. The molecule has 146 valence electrons. The lowest BCUT2D eigenvalue weighted by Crippen LogP contribution is -2.53. The van der Waals surface area contributed by atoms with E-state index < -0.39 is 19.0 Å². The molecule has 0 N–H and O–H groups in total. The first-order chi connectivity index (χ1) is 10.8. The Bertz CT molecular complexity index is 327. The van der Waals surface area contributed by atoms with Gasteiger partial charge in [0.2, 0.25) is 0 Å². The van der Waals surface area contributed by atoms with Crippen LogP contribution in [0.2, 0.25) is 0 Å². The van der Waals surface area contributed by atoms with E-state index in [-0.39, 0.29) is 0 Å². The molecule has 1 aliphatic heterocycles. The maximum absolute atomic E-state index is 11.2. The molecule has 0 unspecified atom stereocenters. The third-order valence-electron chi connectivity index (χ3n) is 3.86. The Labute approximate surface area is 136 Å². The Balaban J connectivity index is 0.000000449. The van der Waals surface area contributed by atoms with Crippen LogP contribution in [-0.2, 0) is 4.74 Å². The highest BCUT2D eigenvalue weighted by Gasteiger charge is 2.69. The Kier molecular flexibility index (Phi) is 8.99. The summed E-state index contributed by atoms with van der Waals surface area (Å²) in [6, 6.07) is 0. The molecule has 0 radical (unpaired) electrons.